The van der Waals surface area contributed by atoms with Crippen molar-refractivity contribution in [3.8, 4) is 0 Å². The SMILES string of the molecule is Cc1ccc([C@]2(C(F)(F)F)NC(=O)N3C(=C2c2nc4ccccc4s2)Sc2ccccc23)cc1. The zero-order valence-corrected chi connectivity index (χ0v) is 19.3. The van der Waals surface area contributed by atoms with Crippen LogP contribution in [-0.4, -0.2) is 17.2 Å². The lowest BCUT2D eigenvalue weighted by molar-refractivity contribution is -0.178. The fraction of sp³-hybridized carbons (Fsp3) is 0.120. The number of fused-ring (bicyclic) bond motifs is 4. The van der Waals surface area contributed by atoms with Crippen molar-refractivity contribution in [2.75, 3.05) is 4.90 Å². The highest BCUT2D eigenvalue weighted by molar-refractivity contribution is 8.04. The topological polar surface area (TPSA) is 45.2 Å². The average Bonchev–Trinajstić information content (AvgIpc) is 3.40. The van der Waals surface area contributed by atoms with Gasteiger partial charge in [-0.3, -0.25) is 4.90 Å². The summed E-state index contributed by atoms with van der Waals surface area (Å²) in [6.07, 6.45) is -4.83. The van der Waals surface area contributed by atoms with Gasteiger partial charge in [0.1, 0.15) is 5.01 Å². The number of aromatic nitrogens is 1. The van der Waals surface area contributed by atoms with Crippen LogP contribution in [-0.2, 0) is 5.54 Å². The predicted octanol–water partition coefficient (Wildman–Crippen LogP) is 7.07. The second-order valence-electron chi connectivity index (χ2n) is 8.12. The van der Waals surface area contributed by atoms with E-state index in [9.17, 15) is 4.79 Å². The summed E-state index contributed by atoms with van der Waals surface area (Å²) in [6, 6.07) is 19.6. The molecular weight excluding hydrogens is 479 g/mol. The molecule has 0 unspecified atom stereocenters. The minimum atomic E-state index is -4.83. The standard InChI is InChI=1S/C25H16F3N3OS2/c1-14-10-12-15(13-11-14)24(25(26,27)28)20(21-29-16-6-2-4-8-18(16)33-21)22-31(23(32)30-24)17-7-3-5-9-19(17)34-22/h2-13H,1H3,(H,30,32)/t24-/m0/s1. The van der Waals surface area contributed by atoms with Crippen molar-refractivity contribution in [1.29, 1.82) is 0 Å². The number of hydrogen-bond donors (Lipinski definition) is 1. The van der Waals surface area contributed by atoms with Gasteiger partial charge in [-0.25, -0.2) is 9.78 Å². The van der Waals surface area contributed by atoms with Crippen LogP contribution in [0.2, 0.25) is 0 Å². The summed E-state index contributed by atoms with van der Waals surface area (Å²) in [5.74, 6) is 0. The first kappa shape index (κ1) is 21.2. The average molecular weight is 496 g/mol. The van der Waals surface area contributed by atoms with Crippen LogP contribution in [0.1, 0.15) is 16.1 Å². The van der Waals surface area contributed by atoms with Gasteiger partial charge in [-0.15, -0.1) is 11.3 Å². The lowest BCUT2D eigenvalue weighted by Crippen LogP contribution is -2.62. The second-order valence-corrected chi connectivity index (χ2v) is 10.2. The Hall–Kier alpha value is -3.30. The Kier molecular flexibility index (Phi) is 4.59. The predicted molar refractivity (Wildman–Crippen MR) is 129 cm³/mol. The highest BCUT2D eigenvalue weighted by atomic mass is 32.2. The van der Waals surface area contributed by atoms with Crippen LogP contribution in [0.3, 0.4) is 0 Å². The van der Waals surface area contributed by atoms with E-state index in [1.807, 2.05) is 19.1 Å². The summed E-state index contributed by atoms with van der Waals surface area (Å²) in [6.45, 7) is 1.81. The van der Waals surface area contributed by atoms with Gasteiger partial charge in [0.15, 0.2) is 5.54 Å². The number of amides is 2. The van der Waals surface area contributed by atoms with Gasteiger partial charge >= 0.3 is 12.2 Å². The first-order chi connectivity index (χ1) is 16.3. The lowest BCUT2D eigenvalue weighted by atomic mass is 9.80. The highest BCUT2D eigenvalue weighted by Crippen LogP contribution is 2.59. The molecule has 0 fully saturated rings. The van der Waals surface area contributed by atoms with E-state index in [1.165, 1.54) is 28.4 Å². The van der Waals surface area contributed by atoms with E-state index in [1.54, 1.807) is 48.5 Å². The molecule has 0 radical (unpaired) electrons. The number of carbonyl (C=O) groups is 1. The van der Waals surface area contributed by atoms with Crippen LogP contribution in [0.15, 0.2) is 82.7 Å². The van der Waals surface area contributed by atoms with Gasteiger partial charge in [0.25, 0.3) is 0 Å². The first-order valence-electron chi connectivity index (χ1n) is 10.4. The normalized spacial score (nSPS) is 19.9. The number of benzene rings is 3. The number of hydrogen-bond acceptors (Lipinski definition) is 4. The number of urea groups is 1. The van der Waals surface area contributed by atoms with Gasteiger partial charge in [-0.05, 0) is 36.8 Å². The van der Waals surface area contributed by atoms with Gasteiger partial charge < -0.3 is 5.32 Å². The molecule has 0 spiro atoms. The van der Waals surface area contributed by atoms with Crippen molar-refractivity contribution < 1.29 is 18.0 Å². The van der Waals surface area contributed by atoms with Crippen LogP contribution in [0.4, 0.5) is 23.7 Å². The number of nitrogens with zero attached hydrogens (tertiary/aromatic N) is 2. The van der Waals surface area contributed by atoms with Crippen LogP contribution >= 0.6 is 23.1 Å². The molecule has 0 saturated heterocycles. The number of thioether (sulfide) groups is 1. The zero-order chi connectivity index (χ0) is 23.7. The summed E-state index contributed by atoms with van der Waals surface area (Å²) in [5, 5.41) is 2.81. The van der Waals surface area contributed by atoms with Crippen molar-refractivity contribution in [2.24, 2.45) is 0 Å². The fourth-order valence-electron chi connectivity index (χ4n) is 4.42. The molecule has 4 nitrogen and oxygen atoms in total. The first-order valence-corrected chi connectivity index (χ1v) is 12.1. The van der Waals surface area contributed by atoms with Crippen LogP contribution < -0.4 is 10.2 Å². The fourth-order valence-corrected chi connectivity index (χ4v) is 6.80. The molecule has 4 aromatic rings. The van der Waals surface area contributed by atoms with Crippen molar-refractivity contribution in [3.63, 3.8) is 0 Å². The maximum absolute atomic E-state index is 15.2. The number of rotatable bonds is 2. The molecule has 170 valence electrons. The molecule has 6 rings (SSSR count). The number of carbonyl (C=O) groups excluding carboxylic acids is 1. The van der Waals surface area contributed by atoms with E-state index >= 15 is 13.2 Å². The monoisotopic (exact) mass is 495 g/mol. The van der Waals surface area contributed by atoms with E-state index in [2.05, 4.69) is 10.3 Å². The Balaban J connectivity index is 1.72. The minimum absolute atomic E-state index is 0.0584. The number of para-hydroxylation sites is 2. The van der Waals surface area contributed by atoms with Gasteiger partial charge in [-0.1, -0.05) is 65.9 Å². The van der Waals surface area contributed by atoms with Crippen LogP contribution in [0.25, 0.3) is 15.8 Å². The third-order valence-electron chi connectivity index (χ3n) is 6.02. The summed E-state index contributed by atoms with van der Waals surface area (Å²) >= 11 is 2.35. The molecule has 1 aromatic heterocycles. The van der Waals surface area contributed by atoms with Gasteiger partial charge in [0, 0.05) is 4.90 Å². The summed E-state index contributed by atoms with van der Waals surface area (Å²) in [7, 11) is 0. The van der Waals surface area contributed by atoms with Crippen molar-refractivity contribution in [3.05, 3.63) is 94.0 Å². The molecule has 0 bridgehead atoms. The van der Waals surface area contributed by atoms with Crippen molar-refractivity contribution in [2.45, 2.75) is 23.5 Å². The quantitative estimate of drug-likeness (QED) is 0.324. The number of nitrogens with one attached hydrogen (secondary N) is 1. The second kappa shape index (κ2) is 7.35. The number of halogens is 3. The molecule has 9 heteroatoms. The molecule has 3 aromatic carbocycles. The molecule has 1 N–H and O–H groups in total. The van der Waals surface area contributed by atoms with Crippen LogP contribution in [0.5, 0.6) is 0 Å². The molecule has 1 atom stereocenters. The van der Waals surface area contributed by atoms with Gasteiger partial charge in [-0.2, -0.15) is 13.2 Å². The highest BCUT2D eigenvalue weighted by Gasteiger charge is 2.65. The zero-order valence-electron chi connectivity index (χ0n) is 17.7. The minimum Gasteiger partial charge on any atom is -0.315 e. The molecule has 2 aliphatic rings. The number of aryl methyl sites for hydroxylation is 1. The van der Waals surface area contributed by atoms with Gasteiger partial charge in [0.2, 0.25) is 0 Å². The molecule has 0 saturated carbocycles. The summed E-state index contributed by atoms with van der Waals surface area (Å²) < 4.78 is 46.5. The molecule has 2 aliphatic heterocycles. The van der Waals surface area contributed by atoms with E-state index < -0.39 is 17.7 Å². The molecular formula is C25H16F3N3OS2. The maximum atomic E-state index is 15.2. The van der Waals surface area contributed by atoms with E-state index in [-0.39, 0.29) is 21.2 Å². The molecule has 3 heterocycles. The Labute approximate surface area is 201 Å². The smallest absolute Gasteiger partial charge is 0.315 e. The van der Waals surface area contributed by atoms with Crippen molar-refractivity contribution in [1.82, 2.24) is 10.3 Å². The molecule has 34 heavy (non-hydrogen) atoms. The number of anilines is 1. The molecule has 0 aliphatic carbocycles. The summed E-state index contributed by atoms with van der Waals surface area (Å²) in [4.78, 5) is 20.0. The van der Waals surface area contributed by atoms with Gasteiger partial charge in [0.05, 0.1) is 26.5 Å². The van der Waals surface area contributed by atoms with E-state index in [4.69, 9.17) is 0 Å². The van der Waals surface area contributed by atoms with E-state index in [0.717, 1.165) is 22.0 Å². The summed E-state index contributed by atoms with van der Waals surface area (Å²) in [5.41, 5.74) is -0.894. The third kappa shape index (κ3) is 2.93. The molecule has 2 amide bonds. The Morgan fingerprint density at radius 2 is 1.68 bits per heavy atom. The van der Waals surface area contributed by atoms with Crippen LogP contribution in [0, 0.1) is 6.92 Å². The number of thiazole rings is 1. The number of alkyl halides is 3. The lowest BCUT2D eigenvalue weighted by Gasteiger charge is -2.43. The Morgan fingerprint density at radius 3 is 2.41 bits per heavy atom. The largest absolute Gasteiger partial charge is 0.420 e. The Bertz CT molecular complexity index is 1460. The van der Waals surface area contributed by atoms with Crippen molar-refractivity contribution >= 4 is 50.6 Å². The Morgan fingerprint density at radius 1 is 0.971 bits per heavy atom. The third-order valence-corrected chi connectivity index (χ3v) is 8.22. The van der Waals surface area contributed by atoms with E-state index in [0.29, 0.717) is 16.1 Å². The maximum Gasteiger partial charge on any atom is 0.420 e.